The number of nitrogens with two attached hydrogens (primary N) is 1. The average Bonchev–Trinajstić information content (AvgIpc) is 2.31. The lowest BCUT2D eigenvalue weighted by Crippen LogP contribution is -2.43. The van der Waals surface area contributed by atoms with Crippen LogP contribution in [0.15, 0.2) is 18.2 Å². The summed E-state index contributed by atoms with van der Waals surface area (Å²) in [5.41, 5.74) is 5.45. The highest BCUT2D eigenvalue weighted by molar-refractivity contribution is 6.33. The van der Waals surface area contributed by atoms with E-state index in [0.29, 0.717) is 5.69 Å². The maximum absolute atomic E-state index is 12.9. The Hall–Kier alpha value is -1.66. The number of primary amides is 1. The number of nitrogens with zero attached hydrogens (tertiary/aromatic N) is 1. The number of benzene rings is 1. The van der Waals surface area contributed by atoms with Crippen molar-refractivity contribution in [1.82, 2.24) is 4.90 Å². The van der Waals surface area contributed by atoms with Gasteiger partial charge >= 0.3 is 0 Å². The molecule has 2 amide bonds. The van der Waals surface area contributed by atoms with E-state index in [2.05, 4.69) is 5.32 Å². The fourth-order valence-corrected chi connectivity index (χ4v) is 1.80. The number of amides is 2. The van der Waals surface area contributed by atoms with Crippen LogP contribution in [0.3, 0.4) is 0 Å². The van der Waals surface area contributed by atoms with Crippen molar-refractivity contribution in [2.45, 2.75) is 19.9 Å². The van der Waals surface area contributed by atoms with Gasteiger partial charge in [0, 0.05) is 6.04 Å². The summed E-state index contributed by atoms with van der Waals surface area (Å²) in [6.45, 7) is 3.68. The number of carbonyl (C=O) groups excluding carboxylic acids is 2. The second kappa shape index (κ2) is 7.21. The maximum atomic E-state index is 12.9. The van der Waals surface area contributed by atoms with Gasteiger partial charge in [-0.3, -0.25) is 14.5 Å². The average molecular weight is 302 g/mol. The molecular weight excluding hydrogens is 285 g/mol. The summed E-state index contributed by atoms with van der Waals surface area (Å²) >= 11 is 5.81. The monoisotopic (exact) mass is 301 g/mol. The van der Waals surface area contributed by atoms with Crippen molar-refractivity contribution in [3.63, 3.8) is 0 Å². The Morgan fingerprint density at radius 3 is 2.55 bits per heavy atom. The van der Waals surface area contributed by atoms with Gasteiger partial charge in [0.2, 0.25) is 11.8 Å². The normalized spacial score (nSPS) is 10.9. The molecule has 0 saturated carbocycles. The first-order chi connectivity index (χ1) is 9.29. The number of hydrogen-bond donors (Lipinski definition) is 2. The third-order valence-electron chi connectivity index (χ3n) is 2.64. The van der Waals surface area contributed by atoms with Gasteiger partial charge in [0.25, 0.3) is 0 Å². The van der Waals surface area contributed by atoms with E-state index in [0.717, 1.165) is 6.07 Å². The molecule has 0 aromatic heterocycles. The fourth-order valence-electron chi connectivity index (χ4n) is 1.59. The molecule has 20 heavy (non-hydrogen) atoms. The van der Waals surface area contributed by atoms with Gasteiger partial charge in [-0.25, -0.2) is 4.39 Å². The summed E-state index contributed by atoms with van der Waals surface area (Å²) in [6, 6.07) is 3.67. The standard InChI is InChI=1S/C13H17ClFN3O2/c1-8(2)18(6-12(16)19)7-13(20)17-11-4-3-9(15)5-10(11)14/h3-5,8H,6-7H2,1-2H3,(H2,16,19)(H,17,20). The van der Waals surface area contributed by atoms with Crippen LogP contribution in [0.1, 0.15) is 13.8 Å². The molecule has 0 saturated heterocycles. The van der Waals surface area contributed by atoms with E-state index in [-0.39, 0.29) is 30.1 Å². The van der Waals surface area contributed by atoms with Gasteiger partial charge in [0.15, 0.2) is 0 Å². The van der Waals surface area contributed by atoms with Gasteiger partial charge in [0.05, 0.1) is 23.8 Å². The maximum Gasteiger partial charge on any atom is 0.238 e. The summed E-state index contributed by atoms with van der Waals surface area (Å²) in [5, 5.41) is 2.68. The quantitative estimate of drug-likeness (QED) is 0.838. The molecule has 1 aromatic rings. The Morgan fingerprint density at radius 2 is 2.05 bits per heavy atom. The summed E-state index contributed by atoms with van der Waals surface area (Å²) in [7, 11) is 0. The van der Waals surface area contributed by atoms with Crippen LogP contribution in [0.25, 0.3) is 0 Å². The zero-order valence-electron chi connectivity index (χ0n) is 11.3. The molecule has 0 bridgehead atoms. The zero-order valence-corrected chi connectivity index (χ0v) is 12.1. The number of nitrogens with one attached hydrogen (secondary N) is 1. The Kier molecular flexibility index (Phi) is 5.91. The number of carbonyl (C=O) groups is 2. The number of hydrogen-bond acceptors (Lipinski definition) is 3. The first-order valence-electron chi connectivity index (χ1n) is 6.07. The fraction of sp³-hybridized carbons (Fsp3) is 0.385. The molecule has 0 aliphatic carbocycles. The highest BCUT2D eigenvalue weighted by atomic mass is 35.5. The number of halogens is 2. The van der Waals surface area contributed by atoms with E-state index in [1.54, 1.807) is 4.90 Å². The molecule has 0 aliphatic heterocycles. The summed E-state index contributed by atoms with van der Waals surface area (Å²) in [6.07, 6.45) is 0. The van der Waals surface area contributed by atoms with Crippen molar-refractivity contribution in [3.8, 4) is 0 Å². The van der Waals surface area contributed by atoms with E-state index in [4.69, 9.17) is 17.3 Å². The first-order valence-corrected chi connectivity index (χ1v) is 6.44. The summed E-state index contributed by atoms with van der Waals surface area (Å²) in [4.78, 5) is 24.4. The Labute approximate surface area is 121 Å². The van der Waals surface area contributed by atoms with Gasteiger partial charge in [-0.2, -0.15) is 0 Å². The van der Waals surface area contributed by atoms with Crippen LogP contribution in [0.2, 0.25) is 5.02 Å². The minimum absolute atomic E-state index is 0.00564. The van der Waals surface area contributed by atoms with Crippen LogP contribution in [0.5, 0.6) is 0 Å². The molecular formula is C13H17ClFN3O2. The van der Waals surface area contributed by atoms with Crippen LogP contribution in [0, 0.1) is 5.82 Å². The molecule has 1 rings (SSSR count). The molecule has 110 valence electrons. The predicted molar refractivity (Wildman–Crippen MR) is 75.9 cm³/mol. The smallest absolute Gasteiger partial charge is 0.238 e. The highest BCUT2D eigenvalue weighted by Crippen LogP contribution is 2.22. The zero-order chi connectivity index (χ0) is 15.3. The molecule has 3 N–H and O–H groups in total. The van der Waals surface area contributed by atoms with Gasteiger partial charge < -0.3 is 11.1 Å². The van der Waals surface area contributed by atoms with Gasteiger partial charge in [-0.15, -0.1) is 0 Å². The molecule has 1 aromatic carbocycles. The van der Waals surface area contributed by atoms with Crippen molar-refractivity contribution >= 4 is 29.1 Å². The summed E-state index contributed by atoms with van der Waals surface area (Å²) in [5.74, 6) is -1.34. The van der Waals surface area contributed by atoms with Crippen molar-refractivity contribution in [3.05, 3.63) is 29.0 Å². The second-order valence-electron chi connectivity index (χ2n) is 4.64. The van der Waals surface area contributed by atoms with E-state index >= 15 is 0 Å². The van der Waals surface area contributed by atoms with Crippen LogP contribution in [-0.4, -0.2) is 35.8 Å². The molecule has 0 aliphatic rings. The Bertz CT molecular complexity index is 508. The van der Waals surface area contributed by atoms with Crippen molar-refractivity contribution in [1.29, 1.82) is 0 Å². The van der Waals surface area contributed by atoms with Crippen molar-refractivity contribution in [2.75, 3.05) is 18.4 Å². The van der Waals surface area contributed by atoms with E-state index in [1.807, 2.05) is 13.8 Å². The molecule has 5 nitrogen and oxygen atoms in total. The van der Waals surface area contributed by atoms with Crippen molar-refractivity contribution < 1.29 is 14.0 Å². The third-order valence-corrected chi connectivity index (χ3v) is 2.95. The third kappa shape index (κ3) is 5.14. The SMILES string of the molecule is CC(C)N(CC(N)=O)CC(=O)Nc1ccc(F)cc1Cl. The highest BCUT2D eigenvalue weighted by Gasteiger charge is 2.16. The largest absolute Gasteiger partial charge is 0.369 e. The molecule has 0 heterocycles. The van der Waals surface area contributed by atoms with E-state index in [1.165, 1.54) is 12.1 Å². The second-order valence-corrected chi connectivity index (χ2v) is 5.04. The molecule has 0 spiro atoms. The molecule has 0 fully saturated rings. The van der Waals surface area contributed by atoms with Crippen molar-refractivity contribution in [2.24, 2.45) is 5.73 Å². The van der Waals surface area contributed by atoms with E-state index in [9.17, 15) is 14.0 Å². The lowest BCUT2D eigenvalue weighted by molar-refractivity contribution is -0.121. The van der Waals surface area contributed by atoms with E-state index < -0.39 is 11.7 Å². The van der Waals surface area contributed by atoms with Crippen LogP contribution in [-0.2, 0) is 9.59 Å². The minimum atomic E-state index is -0.508. The Balaban J connectivity index is 2.68. The lowest BCUT2D eigenvalue weighted by Gasteiger charge is -2.24. The number of rotatable bonds is 6. The first kappa shape index (κ1) is 16.4. The van der Waals surface area contributed by atoms with Crippen LogP contribution >= 0.6 is 11.6 Å². The molecule has 0 unspecified atom stereocenters. The minimum Gasteiger partial charge on any atom is -0.369 e. The molecule has 7 heteroatoms. The summed E-state index contributed by atoms with van der Waals surface area (Å²) < 4.78 is 12.9. The van der Waals surface area contributed by atoms with Crippen LogP contribution < -0.4 is 11.1 Å². The topological polar surface area (TPSA) is 75.4 Å². The van der Waals surface area contributed by atoms with Gasteiger partial charge in [-0.05, 0) is 32.0 Å². The number of anilines is 1. The van der Waals surface area contributed by atoms with Crippen LogP contribution in [0.4, 0.5) is 10.1 Å². The Morgan fingerprint density at radius 1 is 1.40 bits per heavy atom. The van der Waals surface area contributed by atoms with Gasteiger partial charge in [0.1, 0.15) is 5.82 Å². The van der Waals surface area contributed by atoms with Gasteiger partial charge in [-0.1, -0.05) is 11.6 Å². The molecule has 0 radical (unpaired) electrons. The lowest BCUT2D eigenvalue weighted by atomic mass is 10.3. The molecule has 0 atom stereocenters. The predicted octanol–water partition coefficient (Wildman–Crippen LogP) is 1.61.